The molecule has 0 spiro atoms. The van der Waals surface area contributed by atoms with Gasteiger partial charge in [-0.25, -0.2) is 0 Å². The fourth-order valence-corrected chi connectivity index (χ4v) is 3.02. The molecule has 0 bridgehead atoms. The second-order valence-corrected chi connectivity index (χ2v) is 5.99. The van der Waals surface area contributed by atoms with E-state index < -0.39 is 12.1 Å². The van der Waals surface area contributed by atoms with Crippen molar-refractivity contribution in [1.29, 1.82) is 0 Å². The van der Waals surface area contributed by atoms with Crippen LogP contribution in [0.4, 0.5) is 5.69 Å². The number of nitrogens with one attached hydrogen (secondary N) is 2. The van der Waals surface area contributed by atoms with Crippen LogP contribution in [0.5, 0.6) is 11.5 Å². The van der Waals surface area contributed by atoms with Crippen molar-refractivity contribution in [2.75, 3.05) is 45.4 Å². The average molecular weight is 349 g/mol. The Morgan fingerprint density at radius 2 is 2.00 bits per heavy atom. The molecular formula is C17H23N3O5. The van der Waals surface area contributed by atoms with Crippen LogP contribution in [-0.4, -0.2) is 64.4 Å². The third kappa shape index (κ3) is 3.85. The first-order valence-corrected chi connectivity index (χ1v) is 8.28. The first-order chi connectivity index (χ1) is 12.1. The van der Waals surface area contributed by atoms with E-state index >= 15 is 0 Å². The summed E-state index contributed by atoms with van der Waals surface area (Å²) in [6.45, 7) is 2.07. The maximum Gasteiger partial charge on any atom is 0.249 e. The van der Waals surface area contributed by atoms with E-state index in [9.17, 15) is 9.59 Å². The van der Waals surface area contributed by atoms with Crippen LogP contribution in [0.1, 0.15) is 6.42 Å². The highest BCUT2D eigenvalue weighted by molar-refractivity contribution is 6.02. The number of morpholine rings is 1. The molecule has 8 nitrogen and oxygen atoms in total. The van der Waals surface area contributed by atoms with Gasteiger partial charge in [-0.05, 0) is 6.42 Å². The van der Waals surface area contributed by atoms with Gasteiger partial charge in [0.25, 0.3) is 0 Å². The maximum atomic E-state index is 12.7. The average Bonchev–Trinajstić information content (AvgIpc) is 3.02. The van der Waals surface area contributed by atoms with Crippen molar-refractivity contribution in [3.05, 3.63) is 18.2 Å². The Labute approximate surface area is 146 Å². The van der Waals surface area contributed by atoms with Gasteiger partial charge in [-0.15, -0.1) is 0 Å². The summed E-state index contributed by atoms with van der Waals surface area (Å²) >= 11 is 0. The largest absolute Gasteiger partial charge is 0.497 e. The van der Waals surface area contributed by atoms with Gasteiger partial charge in [0.1, 0.15) is 23.6 Å². The Morgan fingerprint density at radius 3 is 2.60 bits per heavy atom. The lowest BCUT2D eigenvalue weighted by Gasteiger charge is -2.24. The van der Waals surface area contributed by atoms with Gasteiger partial charge >= 0.3 is 0 Å². The molecule has 2 atom stereocenters. The molecule has 0 aromatic heterocycles. The van der Waals surface area contributed by atoms with Crippen molar-refractivity contribution in [2.45, 2.75) is 18.5 Å². The molecule has 1 aromatic carbocycles. The van der Waals surface area contributed by atoms with Gasteiger partial charge in [-0.1, -0.05) is 0 Å². The van der Waals surface area contributed by atoms with E-state index in [0.29, 0.717) is 49.9 Å². The zero-order valence-corrected chi connectivity index (χ0v) is 14.4. The van der Waals surface area contributed by atoms with Gasteiger partial charge in [0, 0.05) is 31.3 Å². The number of hydrogen-bond acceptors (Lipinski definition) is 6. The Morgan fingerprint density at radius 1 is 1.28 bits per heavy atom. The molecule has 2 fully saturated rings. The summed E-state index contributed by atoms with van der Waals surface area (Å²) in [5.41, 5.74) is 0.692. The van der Waals surface area contributed by atoms with Crippen LogP contribution in [0.15, 0.2) is 18.2 Å². The Bertz CT molecular complexity index is 623. The monoisotopic (exact) mass is 349 g/mol. The summed E-state index contributed by atoms with van der Waals surface area (Å²) < 4.78 is 15.8. The molecule has 3 rings (SSSR count). The molecule has 136 valence electrons. The fraction of sp³-hybridized carbons (Fsp3) is 0.529. The first-order valence-electron chi connectivity index (χ1n) is 8.28. The molecule has 2 unspecified atom stereocenters. The number of nitrogens with zero attached hydrogens (tertiary/aromatic N) is 1. The lowest BCUT2D eigenvalue weighted by molar-refractivity contribution is -0.129. The van der Waals surface area contributed by atoms with Gasteiger partial charge in [-0.3, -0.25) is 9.59 Å². The Balaban J connectivity index is 1.68. The summed E-state index contributed by atoms with van der Waals surface area (Å²) in [5.74, 6) is 0.875. The topological polar surface area (TPSA) is 89.1 Å². The van der Waals surface area contributed by atoms with Gasteiger partial charge in [0.05, 0.1) is 33.1 Å². The first kappa shape index (κ1) is 17.5. The van der Waals surface area contributed by atoms with Crippen molar-refractivity contribution in [3.8, 4) is 11.5 Å². The molecular weight excluding hydrogens is 326 g/mol. The van der Waals surface area contributed by atoms with Crippen molar-refractivity contribution < 1.29 is 23.8 Å². The summed E-state index contributed by atoms with van der Waals surface area (Å²) in [5, 5.41) is 5.91. The number of benzene rings is 1. The van der Waals surface area contributed by atoms with Gasteiger partial charge in [-0.2, -0.15) is 0 Å². The van der Waals surface area contributed by atoms with Crippen LogP contribution in [0.3, 0.4) is 0 Å². The summed E-state index contributed by atoms with van der Waals surface area (Å²) in [6.07, 6.45) is 0.553. The number of hydrogen-bond donors (Lipinski definition) is 2. The number of anilines is 1. The predicted molar refractivity (Wildman–Crippen MR) is 91.1 cm³/mol. The highest BCUT2D eigenvalue weighted by Crippen LogP contribution is 2.30. The fourth-order valence-electron chi connectivity index (χ4n) is 3.02. The Hall–Kier alpha value is -2.32. The predicted octanol–water partition coefficient (Wildman–Crippen LogP) is -0.0863. The van der Waals surface area contributed by atoms with E-state index in [-0.39, 0.29) is 11.8 Å². The number of ether oxygens (including phenoxy) is 3. The van der Waals surface area contributed by atoms with E-state index in [1.807, 2.05) is 0 Å². The molecule has 0 radical (unpaired) electrons. The van der Waals surface area contributed by atoms with Gasteiger partial charge in [0.2, 0.25) is 11.8 Å². The van der Waals surface area contributed by atoms with Crippen molar-refractivity contribution >= 4 is 17.5 Å². The maximum absolute atomic E-state index is 12.7. The molecule has 0 saturated carbocycles. The number of amides is 2. The van der Waals surface area contributed by atoms with Crippen LogP contribution in [-0.2, 0) is 14.3 Å². The second kappa shape index (κ2) is 7.71. The standard InChI is InChI=1S/C17H23N3O5/c1-23-12-7-11(8-13(9-12)24-2)20-5-3-14(17(20)22)19-16(21)15-10-25-6-4-18-15/h7-9,14-15,18H,3-6,10H2,1-2H3,(H,19,21). The smallest absolute Gasteiger partial charge is 0.249 e. The van der Waals surface area contributed by atoms with Gasteiger partial charge in [0.15, 0.2) is 0 Å². The zero-order chi connectivity index (χ0) is 17.8. The molecule has 2 amide bonds. The van der Waals surface area contributed by atoms with Crippen molar-refractivity contribution in [1.82, 2.24) is 10.6 Å². The third-order valence-corrected chi connectivity index (χ3v) is 4.41. The number of carbonyl (C=O) groups is 2. The normalized spacial score (nSPS) is 23.4. The molecule has 0 aliphatic carbocycles. The highest BCUT2D eigenvalue weighted by atomic mass is 16.5. The molecule has 2 aliphatic heterocycles. The zero-order valence-electron chi connectivity index (χ0n) is 14.4. The van der Waals surface area contributed by atoms with Crippen LogP contribution in [0.25, 0.3) is 0 Å². The summed E-state index contributed by atoms with van der Waals surface area (Å²) in [6, 6.07) is 4.36. The van der Waals surface area contributed by atoms with Crippen LogP contribution < -0.4 is 25.0 Å². The molecule has 8 heteroatoms. The SMILES string of the molecule is COc1cc(OC)cc(N2CCC(NC(=O)C3COCCN3)C2=O)c1. The minimum absolute atomic E-state index is 0.139. The summed E-state index contributed by atoms with van der Waals surface area (Å²) in [7, 11) is 3.12. The van der Waals surface area contributed by atoms with Crippen LogP contribution >= 0.6 is 0 Å². The molecule has 1 aromatic rings. The van der Waals surface area contributed by atoms with Crippen molar-refractivity contribution in [2.24, 2.45) is 0 Å². The molecule has 2 heterocycles. The Kier molecular flexibility index (Phi) is 5.40. The minimum Gasteiger partial charge on any atom is -0.497 e. The number of methoxy groups -OCH3 is 2. The number of carbonyl (C=O) groups excluding carboxylic acids is 2. The molecule has 2 N–H and O–H groups in total. The van der Waals surface area contributed by atoms with Gasteiger partial charge < -0.3 is 29.7 Å². The third-order valence-electron chi connectivity index (χ3n) is 4.41. The van der Waals surface area contributed by atoms with E-state index in [0.717, 1.165) is 0 Å². The lowest BCUT2D eigenvalue weighted by atomic mass is 10.2. The molecule has 2 aliphatic rings. The highest BCUT2D eigenvalue weighted by Gasteiger charge is 2.35. The minimum atomic E-state index is -0.534. The van der Waals surface area contributed by atoms with E-state index in [4.69, 9.17) is 14.2 Å². The van der Waals surface area contributed by atoms with E-state index in [2.05, 4.69) is 10.6 Å². The van der Waals surface area contributed by atoms with Crippen LogP contribution in [0, 0.1) is 0 Å². The van der Waals surface area contributed by atoms with E-state index in [1.54, 1.807) is 37.3 Å². The number of rotatable bonds is 5. The quantitative estimate of drug-likeness (QED) is 0.773. The lowest BCUT2D eigenvalue weighted by Crippen LogP contribution is -2.54. The van der Waals surface area contributed by atoms with Crippen LogP contribution in [0.2, 0.25) is 0 Å². The molecule has 2 saturated heterocycles. The molecule has 25 heavy (non-hydrogen) atoms. The summed E-state index contributed by atoms with van der Waals surface area (Å²) in [4.78, 5) is 26.6. The van der Waals surface area contributed by atoms with E-state index in [1.165, 1.54) is 0 Å². The second-order valence-electron chi connectivity index (χ2n) is 5.99. The van der Waals surface area contributed by atoms with Crippen molar-refractivity contribution in [3.63, 3.8) is 0 Å².